The third-order valence-corrected chi connectivity index (χ3v) is 3.95. The lowest BCUT2D eigenvalue weighted by Gasteiger charge is -2.20. The number of rotatable bonds is 4. The van der Waals surface area contributed by atoms with Crippen LogP contribution in [0.5, 0.6) is 0 Å². The van der Waals surface area contributed by atoms with Crippen molar-refractivity contribution in [3.63, 3.8) is 0 Å². The molecule has 1 nitrogen and oxygen atoms in total. The second kappa shape index (κ2) is 7.52. The van der Waals surface area contributed by atoms with Crippen LogP contribution in [0.1, 0.15) is 23.5 Å². The molecule has 0 saturated heterocycles. The number of pyridine rings is 1. The van der Waals surface area contributed by atoms with Gasteiger partial charge in [0.15, 0.2) is 0 Å². The summed E-state index contributed by atoms with van der Waals surface area (Å²) in [4.78, 5) is 4.12. The van der Waals surface area contributed by atoms with E-state index in [0.29, 0.717) is 16.5 Å². The Morgan fingerprint density at radius 1 is 1.33 bits per heavy atom. The zero-order valence-corrected chi connectivity index (χ0v) is 13.3. The fraction of sp³-hybridized carbons (Fsp3) is 0.118. The van der Waals surface area contributed by atoms with Gasteiger partial charge in [-0.25, -0.2) is 0 Å². The van der Waals surface area contributed by atoms with Gasteiger partial charge in [-0.3, -0.25) is 4.98 Å². The monoisotopic (exact) mass is 335 g/mol. The van der Waals surface area contributed by atoms with Gasteiger partial charge in [0.05, 0.1) is 0 Å². The Morgan fingerprint density at radius 3 is 2.71 bits per heavy atom. The Labute approximate surface area is 139 Å². The first-order valence-corrected chi connectivity index (χ1v) is 7.45. The Kier molecular flexibility index (Phi) is 5.70. The number of terminal acetylenes is 1. The van der Waals surface area contributed by atoms with Crippen LogP contribution >= 0.6 is 34.8 Å². The highest BCUT2D eigenvalue weighted by molar-refractivity contribution is 6.35. The van der Waals surface area contributed by atoms with Crippen LogP contribution in [0.3, 0.4) is 0 Å². The minimum atomic E-state index is -0.110. The van der Waals surface area contributed by atoms with Crippen molar-refractivity contribution in [2.45, 2.75) is 12.3 Å². The largest absolute Gasteiger partial charge is 0.264 e. The summed E-state index contributed by atoms with van der Waals surface area (Å²) in [6.45, 7) is 0. The first-order chi connectivity index (χ1) is 10.2. The third-order valence-electron chi connectivity index (χ3n) is 3.15. The molecule has 4 heteroatoms. The standard InChI is InChI=1S/C17H12Cl3N/c1-2-4-14(15-7-6-13(19)9-17(15)20)16(10-18)12-5-3-8-21-11-12/h1,3,5-11,14H,4H2. The van der Waals surface area contributed by atoms with Gasteiger partial charge >= 0.3 is 0 Å². The molecule has 0 N–H and O–H groups in total. The third kappa shape index (κ3) is 3.80. The molecule has 1 aromatic heterocycles. The van der Waals surface area contributed by atoms with Crippen molar-refractivity contribution in [1.82, 2.24) is 4.98 Å². The van der Waals surface area contributed by atoms with Crippen molar-refractivity contribution in [1.29, 1.82) is 0 Å². The molecule has 21 heavy (non-hydrogen) atoms. The van der Waals surface area contributed by atoms with Crippen LogP contribution in [0.25, 0.3) is 5.57 Å². The topological polar surface area (TPSA) is 12.9 Å². The van der Waals surface area contributed by atoms with Crippen LogP contribution in [0.4, 0.5) is 0 Å². The number of halogens is 3. The first kappa shape index (κ1) is 15.9. The lowest BCUT2D eigenvalue weighted by atomic mass is 9.86. The van der Waals surface area contributed by atoms with Gasteiger partial charge in [-0.15, -0.1) is 12.3 Å². The molecule has 106 valence electrons. The molecule has 0 aliphatic rings. The smallest absolute Gasteiger partial charge is 0.0459 e. The number of benzene rings is 1. The number of allylic oxidation sites excluding steroid dienone is 1. The summed E-state index contributed by atoms with van der Waals surface area (Å²) < 4.78 is 0. The van der Waals surface area contributed by atoms with Gasteiger partial charge in [-0.1, -0.05) is 46.9 Å². The molecule has 0 radical (unpaired) electrons. The van der Waals surface area contributed by atoms with Gasteiger partial charge in [0.2, 0.25) is 0 Å². The zero-order valence-electron chi connectivity index (χ0n) is 11.1. The van der Waals surface area contributed by atoms with E-state index in [9.17, 15) is 0 Å². The van der Waals surface area contributed by atoms with Gasteiger partial charge in [-0.2, -0.15) is 0 Å². The second-order valence-electron chi connectivity index (χ2n) is 4.43. The minimum Gasteiger partial charge on any atom is -0.264 e. The molecule has 2 aromatic rings. The van der Waals surface area contributed by atoms with E-state index in [1.165, 1.54) is 5.54 Å². The van der Waals surface area contributed by atoms with Gasteiger partial charge in [-0.05, 0) is 34.9 Å². The Bertz CT molecular complexity index is 687. The van der Waals surface area contributed by atoms with Crippen LogP contribution in [0.2, 0.25) is 10.0 Å². The molecular weight excluding hydrogens is 325 g/mol. The minimum absolute atomic E-state index is 0.110. The van der Waals surface area contributed by atoms with E-state index in [4.69, 9.17) is 41.2 Å². The summed E-state index contributed by atoms with van der Waals surface area (Å²) >= 11 is 18.3. The van der Waals surface area contributed by atoms with E-state index in [-0.39, 0.29) is 5.92 Å². The fourth-order valence-electron chi connectivity index (χ4n) is 2.16. The summed E-state index contributed by atoms with van der Waals surface area (Å²) in [5, 5.41) is 1.16. The summed E-state index contributed by atoms with van der Waals surface area (Å²) in [6.07, 6.45) is 9.45. The van der Waals surface area contributed by atoms with Crippen LogP contribution in [-0.2, 0) is 0 Å². The average Bonchev–Trinajstić information content (AvgIpc) is 2.48. The summed E-state index contributed by atoms with van der Waals surface area (Å²) in [7, 11) is 0. The van der Waals surface area contributed by atoms with E-state index in [1.807, 2.05) is 18.2 Å². The van der Waals surface area contributed by atoms with E-state index in [0.717, 1.165) is 16.7 Å². The van der Waals surface area contributed by atoms with Gasteiger partial charge < -0.3 is 0 Å². The van der Waals surface area contributed by atoms with Gasteiger partial charge in [0.1, 0.15) is 0 Å². The summed E-state index contributed by atoms with van der Waals surface area (Å²) in [5.41, 5.74) is 4.23. The Hall–Kier alpha value is -1.46. The lowest BCUT2D eigenvalue weighted by molar-refractivity contribution is 0.903. The van der Waals surface area contributed by atoms with Crippen LogP contribution in [-0.4, -0.2) is 4.98 Å². The van der Waals surface area contributed by atoms with E-state index in [1.54, 1.807) is 24.5 Å². The molecule has 1 unspecified atom stereocenters. The zero-order chi connectivity index (χ0) is 15.2. The quantitative estimate of drug-likeness (QED) is 0.645. The lowest BCUT2D eigenvalue weighted by Crippen LogP contribution is -2.03. The normalized spacial score (nSPS) is 12.8. The highest BCUT2D eigenvalue weighted by Gasteiger charge is 2.20. The molecule has 2 rings (SSSR count). The molecule has 0 aliphatic carbocycles. The van der Waals surface area contributed by atoms with Gasteiger partial charge in [0.25, 0.3) is 0 Å². The van der Waals surface area contributed by atoms with Crippen molar-refractivity contribution >= 4 is 40.4 Å². The maximum absolute atomic E-state index is 6.31. The average molecular weight is 337 g/mol. The van der Waals surface area contributed by atoms with Crippen molar-refractivity contribution < 1.29 is 0 Å². The van der Waals surface area contributed by atoms with Crippen molar-refractivity contribution in [2.75, 3.05) is 0 Å². The SMILES string of the molecule is C#CCC(C(=CCl)c1cccnc1)c1ccc(Cl)cc1Cl. The fourth-order valence-corrected chi connectivity index (χ4v) is 2.98. The van der Waals surface area contributed by atoms with Crippen LogP contribution in [0, 0.1) is 12.3 Å². The Balaban J connectivity index is 2.50. The molecule has 0 fully saturated rings. The van der Waals surface area contributed by atoms with Crippen molar-refractivity contribution in [3.8, 4) is 12.3 Å². The first-order valence-electron chi connectivity index (χ1n) is 6.26. The molecule has 1 heterocycles. The predicted octanol–water partition coefficient (Wildman–Crippen LogP) is 5.78. The van der Waals surface area contributed by atoms with Crippen LogP contribution in [0.15, 0.2) is 48.3 Å². The highest BCUT2D eigenvalue weighted by Crippen LogP contribution is 2.39. The highest BCUT2D eigenvalue weighted by atomic mass is 35.5. The predicted molar refractivity (Wildman–Crippen MR) is 90.7 cm³/mol. The van der Waals surface area contributed by atoms with E-state index in [2.05, 4.69) is 10.9 Å². The molecule has 1 atom stereocenters. The van der Waals surface area contributed by atoms with Crippen molar-refractivity contribution in [3.05, 3.63) is 69.4 Å². The van der Waals surface area contributed by atoms with E-state index < -0.39 is 0 Å². The molecule has 0 bridgehead atoms. The Morgan fingerprint density at radius 2 is 2.14 bits per heavy atom. The molecular formula is C17H12Cl3N. The van der Waals surface area contributed by atoms with Crippen LogP contribution < -0.4 is 0 Å². The number of aromatic nitrogens is 1. The summed E-state index contributed by atoms with van der Waals surface area (Å²) in [5.74, 6) is 2.57. The second-order valence-corrected chi connectivity index (χ2v) is 5.49. The molecule has 0 saturated carbocycles. The number of nitrogens with zero attached hydrogens (tertiary/aromatic N) is 1. The van der Waals surface area contributed by atoms with E-state index >= 15 is 0 Å². The maximum Gasteiger partial charge on any atom is 0.0459 e. The van der Waals surface area contributed by atoms with Crippen molar-refractivity contribution in [2.24, 2.45) is 0 Å². The maximum atomic E-state index is 6.31. The molecule has 0 aliphatic heterocycles. The number of hydrogen-bond donors (Lipinski definition) is 0. The molecule has 0 spiro atoms. The van der Waals surface area contributed by atoms with Gasteiger partial charge in [0, 0.05) is 40.3 Å². The molecule has 1 aromatic carbocycles. The number of hydrogen-bond acceptors (Lipinski definition) is 1. The molecule has 0 amide bonds. The summed E-state index contributed by atoms with van der Waals surface area (Å²) in [6, 6.07) is 9.17.